The van der Waals surface area contributed by atoms with Crippen LogP contribution in [0.4, 0.5) is 0 Å². The Morgan fingerprint density at radius 3 is 1.35 bits per heavy atom. The summed E-state index contributed by atoms with van der Waals surface area (Å²) >= 11 is 0. The summed E-state index contributed by atoms with van der Waals surface area (Å²) in [5.41, 5.74) is 5.39. The molecule has 0 atom stereocenters. The Balaban J connectivity index is 1.60. The van der Waals surface area contributed by atoms with Crippen molar-refractivity contribution in [2.75, 3.05) is 13.2 Å². The van der Waals surface area contributed by atoms with Crippen LogP contribution in [-0.4, -0.2) is 36.2 Å². The Morgan fingerprint density at radius 1 is 0.647 bits per heavy atom. The molecule has 2 aromatic rings. The monoisotopic (exact) mass is 472 g/mol. The molecule has 0 bridgehead atoms. The van der Waals surface area contributed by atoms with Gasteiger partial charge >= 0.3 is 0 Å². The average molecular weight is 473 g/mol. The highest BCUT2D eigenvalue weighted by Gasteiger charge is 2.39. The molecule has 0 spiro atoms. The topological polar surface area (TPSA) is 95.1 Å². The van der Waals surface area contributed by atoms with Crippen molar-refractivity contribution >= 4 is 11.8 Å². The second kappa shape index (κ2) is 13.8. The quantitative estimate of drug-likeness (QED) is 0.382. The number of carbonyl (C=O) groups excluding carboxylic acids is 2. The van der Waals surface area contributed by atoms with Crippen LogP contribution in [0.3, 0.4) is 0 Å². The van der Waals surface area contributed by atoms with Crippen LogP contribution >= 0.6 is 0 Å². The van der Waals surface area contributed by atoms with E-state index in [1.165, 1.54) is 0 Å². The van der Waals surface area contributed by atoms with Gasteiger partial charge < -0.3 is 9.47 Å². The third-order valence-corrected chi connectivity index (χ3v) is 5.57. The molecule has 2 amide bonds. The number of hydrogen-bond donors (Lipinski definition) is 2. The summed E-state index contributed by atoms with van der Waals surface area (Å²) in [5.74, 6) is -0.532. The van der Waals surface area contributed by atoms with Gasteiger partial charge in [0.25, 0.3) is 0 Å². The predicted octanol–water partition coefficient (Wildman–Crippen LogP) is 3.85. The maximum Gasteiger partial charge on any atom is 0.245 e. The highest BCUT2D eigenvalue weighted by atomic mass is 16.7. The SMILES string of the molecule is CC(C)(OCCC(=O)NOCc1ccccc1)C(C)(C)OCCC(=O)NOCc1ccccc1. The number of hydroxylamine groups is 2. The van der Waals surface area contributed by atoms with E-state index in [0.717, 1.165) is 11.1 Å². The Morgan fingerprint density at radius 2 is 1.00 bits per heavy atom. The van der Waals surface area contributed by atoms with Crippen molar-refractivity contribution in [3.8, 4) is 0 Å². The maximum absolute atomic E-state index is 12.0. The van der Waals surface area contributed by atoms with Gasteiger partial charge in [-0.25, -0.2) is 11.0 Å². The van der Waals surface area contributed by atoms with E-state index in [9.17, 15) is 9.59 Å². The summed E-state index contributed by atoms with van der Waals surface area (Å²) in [5, 5.41) is 0. The minimum absolute atomic E-state index is 0.148. The number of ether oxygens (including phenoxy) is 2. The smallest absolute Gasteiger partial charge is 0.245 e. The van der Waals surface area contributed by atoms with E-state index in [-0.39, 0.29) is 37.9 Å². The van der Waals surface area contributed by atoms with Gasteiger partial charge in [0.05, 0.1) is 50.5 Å². The highest BCUT2D eigenvalue weighted by molar-refractivity contribution is 5.75. The minimum Gasteiger partial charge on any atom is -0.372 e. The molecule has 8 heteroatoms. The molecule has 0 aliphatic carbocycles. The molecule has 0 unspecified atom stereocenters. The first-order valence-corrected chi connectivity index (χ1v) is 11.4. The van der Waals surface area contributed by atoms with Gasteiger partial charge in [-0.1, -0.05) is 60.7 Å². The highest BCUT2D eigenvalue weighted by Crippen LogP contribution is 2.29. The fourth-order valence-corrected chi connectivity index (χ4v) is 2.80. The summed E-state index contributed by atoms with van der Waals surface area (Å²) in [6.07, 6.45) is 0.297. The third-order valence-electron chi connectivity index (χ3n) is 5.57. The molecular weight excluding hydrogens is 436 g/mol. The fraction of sp³-hybridized carbons (Fsp3) is 0.462. The van der Waals surface area contributed by atoms with E-state index in [4.69, 9.17) is 19.1 Å². The van der Waals surface area contributed by atoms with E-state index >= 15 is 0 Å². The van der Waals surface area contributed by atoms with Crippen molar-refractivity contribution in [2.24, 2.45) is 0 Å². The first kappa shape index (κ1) is 27.5. The maximum atomic E-state index is 12.0. The van der Waals surface area contributed by atoms with Crippen LogP contribution in [0.2, 0.25) is 0 Å². The molecule has 0 aliphatic heterocycles. The molecule has 0 saturated heterocycles. The summed E-state index contributed by atoms with van der Waals surface area (Å²) in [6.45, 7) is 8.55. The predicted molar refractivity (Wildman–Crippen MR) is 128 cm³/mol. The number of hydrogen-bond acceptors (Lipinski definition) is 6. The lowest BCUT2D eigenvalue weighted by Crippen LogP contribution is -2.50. The van der Waals surface area contributed by atoms with Crippen molar-refractivity contribution < 1.29 is 28.7 Å². The molecule has 0 radical (unpaired) electrons. The van der Waals surface area contributed by atoms with Crippen molar-refractivity contribution in [1.29, 1.82) is 0 Å². The van der Waals surface area contributed by atoms with Crippen LogP contribution < -0.4 is 11.0 Å². The molecule has 2 N–H and O–H groups in total. The standard InChI is InChI=1S/C26H36N2O6/c1-25(2,31-17-15-23(29)27-33-19-21-11-7-5-8-12-21)26(3,4)32-18-16-24(30)28-34-20-22-13-9-6-10-14-22/h5-14H,15-20H2,1-4H3,(H,27,29)(H,28,30). The first-order valence-electron chi connectivity index (χ1n) is 11.4. The number of nitrogens with one attached hydrogen (secondary N) is 2. The third kappa shape index (κ3) is 10.0. The van der Waals surface area contributed by atoms with Crippen LogP contribution in [0.1, 0.15) is 51.7 Å². The van der Waals surface area contributed by atoms with E-state index in [0.29, 0.717) is 13.2 Å². The summed E-state index contributed by atoms with van der Waals surface area (Å²) in [7, 11) is 0. The van der Waals surface area contributed by atoms with E-state index < -0.39 is 11.2 Å². The number of rotatable bonds is 15. The molecule has 34 heavy (non-hydrogen) atoms. The Hall–Kier alpha value is -2.78. The second-order valence-corrected chi connectivity index (χ2v) is 8.82. The van der Waals surface area contributed by atoms with Crippen LogP contribution in [0.5, 0.6) is 0 Å². The molecule has 0 heterocycles. The zero-order chi connectivity index (χ0) is 24.9. The number of benzene rings is 2. The van der Waals surface area contributed by atoms with Crippen LogP contribution in [-0.2, 0) is 42.0 Å². The van der Waals surface area contributed by atoms with Crippen molar-refractivity contribution in [2.45, 2.75) is 65.0 Å². The molecule has 0 aromatic heterocycles. The van der Waals surface area contributed by atoms with Crippen molar-refractivity contribution in [3.05, 3.63) is 71.8 Å². The van der Waals surface area contributed by atoms with Gasteiger partial charge in [0.2, 0.25) is 11.8 Å². The zero-order valence-corrected chi connectivity index (χ0v) is 20.5. The van der Waals surface area contributed by atoms with Crippen LogP contribution in [0.25, 0.3) is 0 Å². The Kier molecular flexibility index (Phi) is 11.2. The molecule has 8 nitrogen and oxygen atoms in total. The summed E-state index contributed by atoms with van der Waals surface area (Å²) in [4.78, 5) is 34.4. The van der Waals surface area contributed by atoms with Gasteiger partial charge in [0.1, 0.15) is 0 Å². The van der Waals surface area contributed by atoms with Gasteiger partial charge in [-0.15, -0.1) is 0 Å². The Bertz CT molecular complexity index is 798. The normalized spacial score (nSPS) is 11.8. The van der Waals surface area contributed by atoms with E-state index in [1.807, 2.05) is 88.4 Å². The molecular formula is C26H36N2O6. The summed E-state index contributed by atoms with van der Waals surface area (Å²) in [6, 6.07) is 19.1. The van der Waals surface area contributed by atoms with Crippen LogP contribution in [0.15, 0.2) is 60.7 Å². The minimum atomic E-state index is -0.696. The molecule has 186 valence electrons. The van der Waals surface area contributed by atoms with Crippen LogP contribution in [0, 0.1) is 0 Å². The molecule has 0 saturated carbocycles. The number of amides is 2. The zero-order valence-electron chi connectivity index (χ0n) is 20.5. The lowest BCUT2D eigenvalue weighted by atomic mass is 9.89. The second-order valence-electron chi connectivity index (χ2n) is 8.82. The molecule has 2 aromatic carbocycles. The van der Waals surface area contributed by atoms with Gasteiger partial charge in [-0.2, -0.15) is 0 Å². The first-order chi connectivity index (χ1) is 16.2. The lowest BCUT2D eigenvalue weighted by Gasteiger charge is -2.41. The fourth-order valence-electron chi connectivity index (χ4n) is 2.80. The summed E-state index contributed by atoms with van der Waals surface area (Å²) < 4.78 is 11.9. The number of carbonyl (C=O) groups is 2. The van der Waals surface area contributed by atoms with E-state index in [1.54, 1.807) is 0 Å². The van der Waals surface area contributed by atoms with Crippen molar-refractivity contribution in [3.63, 3.8) is 0 Å². The lowest BCUT2D eigenvalue weighted by molar-refractivity contribution is -0.180. The van der Waals surface area contributed by atoms with Gasteiger partial charge in [-0.05, 0) is 38.8 Å². The van der Waals surface area contributed by atoms with Gasteiger partial charge in [0, 0.05) is 0 Å². The van der Waals surface area contributed by atoms with Gasteiger partial charge in [0.15, 0.2) is 0 Å². The largest absolute Gasteiger partial charge is 0.372 e. The Labute approximate surface area is 201 Å². The van der Waals surface area contributed by atoms with Gasteiger partial charge in [-0.3, -0.25) is 19.3 Å². The van der Waals surface area contributed by atoms with E-state index in [2.05, 4.69) is 11.0 Å². The molecule has 0 fully saturated rings. The van der Waals surface area contributed by atoms with Crippen molar-refractivity contribution in [1.82, 2.24) is 11.0 Å². The molecule has 0 aliphatic rings. The molecule has 2 rings (SSSR count). The average Bonchev–Trinajstić information content (AvgIpc) is 2.80.